The second kappa shape index (κ2) is 6.33. The molecule has 0 aliphatic rings. The first-order chi connectivity index (χ1) is 13.1. The number of nitrogens with one attached hydrogen (secondary N) is 1. The SMILES string of the molecule is Cc1sc2nc(-c3ccc(Sc4nc5ccccc5s4)o3)[nH]c(=O)c2c1C. The smallest absolute Gasteiger partial charge is 0.260 e. The van der Waals surface area contributed by atoms with E-state index in [2.05, 4.69) is 21.0 Å². The lowest BCUT2D eigenvalue weighted by molar-refractivity contribution is 0.484. The van der Waals surface area contributed by atoms with Crippen LogP contribution < -0.4 is 5.56 Å². The van der Waals surface area contributed by atoms with Crippen LogP contribution in [0.2, 0.25) is 0 Å². The number of rotatable bonds is 3. The molecular weight excluding hydrogens is 398 g/mol. The lowest BCUT2D eigenvalue weighted by atomic mass is 10.2. The van der Waals surface area contributed by atoms with Crippen LogP contribution in [-0.2, 0) is 0 Å². The highest BCUT2D eigenvalue weighted by molar-refractivity contribution is 8.01. The molecule has 1 aromatic carbocycles. The lowest BCUT2D eigenvalue weighted by Gasteiger charge is -1.97. The molecule has 0 bridgehead atoms. The fraction of sp³-hybridized carbons (Fsp3) is 0.105. The predicted octanol–water partition coefficient (Wildman–Crippen LogP) is 5.62. The van der Waals surface area contributed by atoms with Crippen molar-refractivity contribution in [3.05, 3.63) is 57.2 Å². The maximum Gasteiger partial charge on any atom is 0.260 e. The lowest BCUT2D eigenvalue weighted by Crippen LogP contribution is -2.08. The summed E-state index contributed by atoms with van der Waals surface area (Å²) >= 11 is 4.62. The number of H-pyrrole nitrogens is 1. The van der Waals surface area contributed by atoms with Crippen LogP contribution in [0.25, 0.3) is 32.0 Å². The van der Waals surface area contributed by atoms with Gasteiger partial charge in [0, 0.05) is 4.88 Å². The van der Waals surface area contributed by atoms with Gasteiger partial charge in [0.05, 0.1) is 15.6 Å². The van der Waals surface area contributed by atoms with Crippen molar-refractivity contribution >= 4 is 54.9 Å². The number of furan rings is 1. The molecule has 0 atom stereocenters. The largest absolute Gasteiger partial charge is 0.446 e. The molecule has 0 amide bonds. The van der Waals surface area contributed by atoms with Crippen molar-refractivity contribution in [2.45, 2.75) is 23.3 Å². The van der Waals surface area contributed by atoms with Crippen LogP contribution in [0.1, 0.15) is 10.4 Å². The van der Waals surface area contributed by atoms with Crippen LogP contribution in [0.4, 0.5) is 0 Å². The van der Waals surface area contributed by atoms with E-state index in [1.807, 2.05) is 44.2 Å². The summed E-state index contributed by atoms with van der Waals surface area (Å²) in [6.07, 6.45) is 0. The molecule has 0 unspecified atom stereocenters. The van der Waals surface area contributed by atoms with Crippen molar-refractivity contribution < 1.29 is 4.42 Å². The van der Waals surface area contributed by atoms with Crippen molar-refractivity contribution in [2.75, 3.05) is 0 Å². The Kier molecular flexibility index (Phi) is 3.92. The summed E-state index contributed by atoms with van der Waals surface area (Å²) in [5, 5.41) is 1.38. The maximum absolute atomic E-state index is 12.5. The van der Waals surface area contributed by atoms with E-state index in [9.17, 15) is 4.79 Å². The Bertz CT molecular complexity index is 1330. The van der Waals surface area contributed by atoms with Crippen LogP contribution in [0.3, 0.4) is 0 Å². The molecule has 0 radical (unpaired) electrons. The Morgan fingerprint density at radius 2 is 1.93 bits per heavy atom. The van der Waals surface area contributed by atoms with Crippen molar-refractivity contribution in [1.29, 1.82) is 0 Å². The Hall–Kier alpha value is -2.42. The minimum Gasteiger partial charge on any atom is -0.446 e. The number of hydrogen-bond donors (Lipinski definition) is 1. The van der Waals surface area contributed by atoms with Gasteiger partial charge in [0.25, 0.3) is 5.56 Å². The van der Waals surface area contributed by atoms with Gasteiger partial charge in [-0.15, -0.1) is 22.7 Å². The average Bonchev–Trinajstić information content (AvgIpc) is 3.33. The topological polar surface area (TPSA) is 71.8 Å². The van der Waals surface area contributed by atoms with Gasteiger partial charge in [0.15, 0.2) is 21.0 Å². The van der Waals surface area contributed by atoms with E-state index < -0.39 is 0 Å². The summed E-state index contributed by atoms with van der Waals surface area (Å²) in [6.45, 7) is 3.95. The molecule has 4 heterocycles. The molecule has 8 heteroatoms. The first-order valence-corrected chi connectivity index (χ1v) is 10.7. The van der Waals surface area contributed by atoms with Gasteiger partial charge in [-0.2, -0.15) is 0 Å². The van der Waals surface area contributed by atoms with Gasteiger partial charge in [-0.1, -0.05) is 12.1 Å². The highest BCUT2D eigenvalue weighted by Crippen LogP contribution is 2.36. The molecule has 0 saturated carbocycles. The molecule has 0 fully saturated rings. The summed E-state index contributed by atoms with van der Waals surface area (Å²) in [4.78, 5) is 26.3. The second-order valence-electron chi connectivity index (χ2n) is 6.05. The van der Waals surface area contributed by atoms with E-state index in [4.69, 9.17) is 4.42 Å². The zero-order chi connectivity index (χ0) is 18.5. The number of para-hydroxylation sites is 1. The van der Waals surface area contributed by atoms with E-state index in [1.165, 1.54) is 23.1 Å². The van der Waals surface area contributed by atoms with Gasteiger partial charge in [-0.25, -0.2) is 9.97 Å². The Morgan fingerprint density at radius 3 is 2.78 bits per heavy atom. The molecule has 1 N–H and O–H groups in total. The highest BCUT2D eigenvalue weighted by atomic mass is 32.2. The van der Waals surface area contributed by atoms with E-state index in [0.717, 1.165) is 29.8 Å². The summed E-state index contributed by atoms with van der Waals surface area (Å²) < 4.78 is 7.97. The fourth-order valence-electron chi connectivity index (χ4n) is 2.85. The zero-order valence-corrected chi connectivity index (χ0v) is 16.8. The predicted molar refractivity (Wildman–Crippen MR) is 111 cm³/mol. The number of hydrogen-bond acceptors (Lipinski definition) is 7. The number of aromatic nitrogens is 3. The molecular formula is C19H13N3O2S3. The molecule has 0 saturated heterocycles. The number of thiophene rings is 1. The van der Waals surface area contributed by atoms with Gasteiger partial charge >= 0.3 is 0 Å². The number of aryl methyl sites for hydroxylation is 2. The summed E-state index contributed by atoms with van der Waals surface area (Å²) in [5.41, 5.74) is 1.84. The van der Waals surface area contributed by atoms with E-state index in [-0.39, 0.29) is 5.56 Å². The average molecular weight is 412 g/mol. The third kappa shape index (κ3) is 2.90. The van der Waals surface area contributed by atoms with Crippen LogP contribution in [0.5, 0.6) is 0 Å². The number of fused-ring (bicyclic) bond motifs is 2. The van der Waals surface area contributed by atoms with Crippen molar-refractivity contribution in [1.82, 2.24) is 15.0 Å². The molecule has 5 aromatic rings. The minimum atomic E-state index is -0.131. The Morgan fingerprint density at radius 1 is 1.07 bits per heavy atom. The van der Waals surface area contributed by atoms with Gasteiger partial charge < -0.3 is 9.40 Å². The summed E-state index contributed by atoms with van der Waals surface area (Å²) in [7, 11) is 0. The molecule has 134 valence electrons. The van der Waals surface area contributed by atoms with Gasteiger partial charge in [0.1, 0.15) is 4.83 Å². The quantitative estimate of drug-likeness (QED) is 0.417. The maximum atomic E-state index is 12.5. The first-order valence-electron chi connectivity index (χ1n) is 8.22. The Balaban J connectivity index is 1.50. The van der Waals surface area contributed by atoms with E-state index in [1.54, 1.807) is 11.3 Å². The van der Waals surface area contributed by atoms with Crippen LogP contribution in [-0.4, -0.2) is 15.0 Å². The zero-order valence-electron chi connectivity index (χ0n) is 14.4. The minimum absolute atomic E-state index is 0.131. The van der Waals surface area contributed by atoms with Crippen LogP contribution in [0.15, 0.2) is 55.0 Å². The Labute approximate surface area is 166 Å². The molecule has 0 aliphatic heterocycles. The third-order valence-corrected chi connectivity index (χ3v) is 7.43. The third-order valence-electron chi connectivity index (χ3n) is 4.32. The summed E-state index contributed by atoms with van der Waals surface area (Å²) in [5.74, 6) is 0.992. The van der Waals surface area contributed by atoms with E-state index >= 15 is 0 Å². The van der Waals surface area contributed by atoms with Gasteiger partial charge in [-0.05, 0) is 55.4 Å². The number of nitrogens with zero attached hydrogens (tertiary/aromatic N) is 2. The normalized spacial score (nSPS) is 11.6. The number of benzene rings is 1. The standard InChI is InChI=1S/C19H13N3O2S3/c1-9-10(2)25-18-15(9)17(23)21-16(22-18)12-7-8-14(24-12)27-19-20-11-5-3-4-6-13(11)26-19/h3-8H,1-2H3,(H,21,22,23). The van der Waals surface area contributed by atoms with Crippen molar-refractivity contribution in [3.8, 4) is 11.6 Å². The molecule has 5 nitrogen and oxygen atoms in total. The molecule has 4 aromatic heterocycles. The monoisotopic (exact) mass is 411 g/mol. The van der Waals surface area contributed by atoms with E-state index in [0.29, 0.717) is 22.1 Å². The van der Waals surface area contributed by atoms with Crippen molar-refractivity contribution in [3.63, 3.8) is 0 Å². The van der Waals surface area contributed by atoms with Crippen LogP contribution >= 0.6 is 34.4 Å². The molecule has 27 heavy (non-hydrogen) atoms. The van der Waals surface area contributed by atoms with Crippen LogP contribution in [0, 0.1) is 13.8 Å². The highest BCUT2D eigenvalue weighted by Gasteiger charge is 2.15. The number of aromatic amines is 1. The number of thiazole rings is 1. The van der Waals surface area contributed by atoms with Gasteiger partial charge in [0.2, 0.25) is 0 Å². The molecule has 5 rings (SSSR count). The second-order valence-corrected chi connectivity index (χ2v) is 9.53. The molecule has 0 spiro atoms. The first kappa shape index (κ1) is 16.7. The van der Waals surface area contributed by atoms with Gasteiger partial charge in [-0.3, -0.25) is 4.79 Å². The fourth-order valence-corrected chi connectivity index (χ4v) is 5.85. The summed E-state index contributed by atoms with van der Waals surface area (Å²) in [6, 6.07) is 11.7. The van der Waals surface area contributed by atoms with Crippen molar-refractivity contribution in [2.24, 2.45) is 0 Å². The molecule has 0 aliphatic carbocycles.